The first-order valence-electron chi connectivity index (χ1n) is 9.61. The predicted molar refractivity (Wildman–Crippen MR) is 113 cm³/mol. The molecule has 0 fully saturated rings. The Bertz CT molecular complexity index is 1170. The first kappa shape index (κ1) is 18.9. The van der Waals surface area contributed by atoms with Crippen molar-refractivity contribution in [3.8, 4) is 45.7 Å². The summed E-state index contributed by atoms with van der Waals surface area (Å²) in [6.07, 6.45) is 0.844. The van der Waals surface area contributed by atoms with E-state index in [1.165, 1.54) is 0 Å². The quantitative estimate of drug-likeness (QED) is 0.674. The summed E-state index contributed by atoms with van der Waals surface area (Å²) in [7, 11) is 3.26. The van der Waals surface area contributed by atoms with Crippen molar-refractivity contribution in [3.05, 3.63) is 52.7 Å². The Morgan fingerprint density at radius 1 is 1.07 bits per heavy atom. The summed E-state index contributed by atoms with van der Waals surface area (Å²) >= 11 is 0. The molecule has 0 spiro atoms. The monoisotopic (exact) mass is 388 g/mol. The fourth-order valence-corrected chi connectivity index (χ4v) is 4.61. The van der Waals surface area contributed by atoms with Gasteiger partial charge in [0.2, 0.25) is 0 Å². The van der Waals surface area contributed by atoms with Gasteiger partial charge in [-0.25, -0.2) is 0 Å². The predicted octanol–water partition coefficient (Wildman–Crippen LogP) is 5.15. The van der Waals surface area contributed by atoms with E-state index < -0.39 is 0 Å². The number of hydrogen-bond donors (Lipinski definition) is 1. The summed E-state index contributed by atoms with van der Waals surface area (Å²) in [5, 5.41) is 20.0. The largest absolute Gasteiger partial charge is 0.508 e. The van der Waals surface area contributed by atoms with Crippen LogP contribution in [0.1, 0.15) is 35.3 Å². The molecule has 2 aromatic carbocycles. The van der Waals surface area contributed by atoms with Crippen LogP contribution in [0.3, 0.4) is 0 Å². The van der Waals surface area contributed by atoms with Crippen LogP contribution in [-0.2, 0) is 6.42 Å². The van der Waals surface area contributed by atoms with Crippen molar-refractivity contribution in [2.45, 2.75) is 33.2 Å². The zero-order chi connectivity index (χ0) is 20.9. The van der Waals surface area contributed by atoms with Gasteiger partial charge in [-0.15, -0.1) is 0 Å². The number of ether oxygens (including phenoxy) is 2. The third-order valence-electron chi connectivity index (χ3n) is 5.86. The number of aryl methyl sites for hydroxylation is 1. The number of aromatic hydroxyl groups is 1. The Labute approximate surface area is 170 Å². The lowest BCUT2D eigenvalue weighted by Crippen LogP contribution is -2.17. The smallest absolute Gasteiger partial charge is 0.161 e. The van der Waals surface area contributed by atoms with Gasteiger partial charge < -0.3 is 19.1 Å². The van der Waals surface area contributed by atoms with Gasteiger partial charge in [0.1, 0.15) is 11.8 Å². The zero-order valence-electron chi connectivity index (χ0n) is 17.3. The van der Waals surface area contributed by atoms with E-state index >= 15 is 0 Å². The maximum absolute atomic E-state index is 10.2. The lowest BCUT2D eigenvalue weighted by atomic mass is 9.91. The SMILES string of the molecule is COc1cc2c(cc1OC)-c1c(C#N)c(-c3ccc(O)cc3C)c(C)n1C(C)C2. The molecule has 0 bridgehead atoms. The molecular formula is C24H24N2O3. The van der Waals surface area contributed by atoms with Gasteiger partial charge >= 0.3 is 0 Å². The minimum absolute atomic E-state index is 0.203. The Balaban J connectivity index is 2.07. The molecule has 4 rings (SSSR count). The Hall–Kier alpha value is -3.39. The molecule has 5 nitrogen and oxygen atoms in total. The molecule has 1 aromatic heterocycles. The normalized spacial score (nSPS) is 14.7. The van der Waals surface area contributed by atoms with Gasteiger partial charge in [0, 0.05) is 22.9 Å². The van der Waals surface area contributed by atoms with Gasteiger partial charge in [-0.3, -0.25) is 0 Å². The summed E-state index contributed by atoms with van der Waals surface area (Å²) < 4.78 is 13.3. The number of phenolic OH excluding ortho intramolecular Hbond substituents is 1. The van der Waals surface area contributed by atoms with Gasteiger partial charge in [0.15, 0.2) is 11.5 Å². The van der Waals surface area contributed by atoms with Gasteiger partial charge in [-0.2, -0.15) is 5.26 Å². The van der Waals surface area contributed by atoms with E-state index in [2.05, 4.69) is 24.5 Å². The molecule has 2 heterocycles. The average molecular weight is 388 g/mol. The van der Waals surface area contributed by atoms with E-state index in [1.807, 2.05) is 25.1 Å². The molecule has 0 radical (unpaired) electrons. The molecule has 3 aromatic rings. The van der Waals surface area contributed by atoms with Gasteiger partial charge in [-0.05, 0) is 68.1 Å². The lowest BCUT2D eigenvalue weighted by molar-refractivity contribution is 0.354. The molecule has 1 atom stereocenters. The first-order valence-corrected chi connectivity index (χ1v) is 9.61. The van der Waals surface area contributed by atoms with E-state index in [9.17, 15) is 10.4 Å². The molecule has 0 aliphatic carbocycles. The number of nitriles is 1. The molecule has 148 valence electrons. The molecule has 1 aliphatic rings. The average Bonchev–Trinajstić information content (AvgIpc) is 3.00. The highest BCUT2D eigenvalue weighted by molar-refractivity contribution is 5.87. The van der Waals surface area contributed by atoms with Crippen molar-refractivity contribution in [1.29, 1.82) is 5.26 Å². The number of rotatable bonds is 3. The zero-order valence-corrected chi connectivity index (χ0v) is 17.3. The number of fused-ring (bicyclic) bond motifs is 3. The summed E-state index contributed by atoms with van der Waals surface area (Å²) in [4.78, 5) is 0. The summed E-state index contributed by atoms with van der Waals surface area (Å²) in [5.41, 5.74) is 7.60. The van der Waals surface area contributed by atoms with E-state index in [4.69, 9.17) is 9.47 Å². The van der Waals surface area contributed by atoms with Crippen LogP contribution in [0.2, 0.25) is 0 Å². The van der Waals surface area contributed by atoms with Crippen LogP contribution >= 0.6 is 0 Å². The van der Waals surface area contributed by atoms with E-state index in [1.54, 1.807) is 26.4 Å². The van der Waals surface area contributed by atoms with Crippen molar-refractivity contribution in [1.82, 2.24) is 4.57 Å². The maximum Gasteiger partial charge on any atom is 0.161 e. The summed E-state index contributed by atoms with van der Waals surface area (Å²) in [5.74, 6) is 1.57. The summed E-state index contributed by atoms with van der Waals surface area (Å²) in [6, 6.07) is 11.9. The van der Waals surface area contributed by atoms with Crippen LogP contribution in [0, 0.1) is 25.2 Å². The molecule has 0 saturated heterocycles. The third-order valence-corrected chi connectivity index (χ3v) is 5.86. The molecular weight excluding hydrogens is 364 g/mol. The number of methoxy groups -OCH3 is 2. The number of nitrogens with zero attached hydrogens (tertiary/aromatic N) is 2. The third kappa shape index (κ3) is 2.75. The number of hydrogen-bond acceptors (Lipinski definition) is 4. The minimum Gasteiger partial charge on any atom is -0.508 e. The van der Waals surface area contributed by atoms with Gasteiger partial charge in [-0.1, -0.05) is 6.07 Å². The second-order valence-corrected chi connectivity index (χ2v) is 7.58. The van der Waals surface area contributed by atoms with Crippen LogP contribution in [-0.4, -0.2) is 23.9 Å². The van der Waals surface area contributed by atoms with Crippen LogP contribution in [0.25, 0.3) is 22.4 Å². The van der Waals surface area contributed by atoms with Crippen LogP contribution in [0.5, 0.6) is 17.2 Å². The van der Waals surface area contributed by atoms with Crippen LogP contribution in [0.4, 0.5) is 0 Å². The highest BCUT2D eigenvalue weighted by Crippen LogP contribution is 2.47. The van der Waals surface area contributed by atoms with Crippen molar-refractivity contribution in [2.24, 2.45) is 0 Å². The number of aromatic nitrogens is 1. The van der Waals surface area contributed by atoms with Gasteiger partial charge in [0.05, 0.1) is 25.5 Å². The maximum atomic E-state index is 10.2. The minimum atomic E-state index is 0.203. The van der Waals surface area contributed by atoms with Crippen molar-refractivity contribution < 1.29 is 14.6 Å². The van der Waals surface area contributed by atoms with Crippen molar-refractivity contribution >= 4 is 0 Å². The Morgan fingerprint density at radius 2 is 1.76 bits per heavy atom. The summed E-state index contributed by atoms with van der Waals surface area (Å²) in [6.45, 7) is 6.19. The van der Waals surface area contributed by atoms with Crippen LogP contribution < -0.4 is 9.47 Å². The van der Waals surface area contributed by atoms with E-state index in [0.29, 0.717) is 17.1 Å². The second kappa shape index (κ2) is 6.89. The Morgan fingerprint density at radius 3 is 2.38 bits per heavy atom. The Kier molecular flexibility index (Phi) is 4.50. The molecule has 1 aliphatic heterocycles. The highest BCUT2D eigenvalue weighted by atomic mass is 16.5. The fraction of sp³-hybridized carbons (Fsp3) is 0.292. The first-order chi connectivity index (χ1) is 13.9. The number of benzene rings is 2. The van der Waals surface area contributed by atoms with Crippen molar-refractivity contribution in [3.63, 3.8) is 0 Å². The number of phenols is 1. The molecule has 29 heavy (non-hydrogen) atoms. The van der Waals surface area contributed by atoms with E-state index in [0.717, 1.165) is 45.6 Å². The molecule has 1 unspecified atom stereocenters. The van der Waals surface area contributed by atoms with Crippen LogP contribution in [0.15, 0.2) is 30.3 Å². The molecule has 0 saturated carbocycles. The standard InChI is InChI=1S/C24H24N2O3/c1-13-8-17(27)6-7-18(13)23-15(3)26-14(2)9-16-10-21(28-4)22(29-5)11-19(16)24(26)20(23)12-25/h6-8,10-11,14,27H,9H2,1-5H3. The lowest BCUT2D eigenvalue weighted by Gasteiger charge is -2.28. The van der Waals surface area contributed by atoms with E-state index in [-0.39, 0.29) is 11.8 Å². The van der Waals surface area contributed by atoms with Gasteiger partial charge in [0.25, 0.3) is 0 Å². The topological polar surface area (TPSA) is 67.4 Å². The molecule has 0 amide bonds. The molecule has 1 N–H and O–H groups in total. The highest BCUT2D eigenvalue weighted by Gasteiger charge is 2.31. The molecule has 5 heteroatoms. The second-order valence-electron chi connectivity index (χ2n) is 7.58. The van der Waals surface area contributed by atoms with Crippen molar-refractivity contribution in [2.75, 3.05) is 14.2 Å². The fourth-order valence-electron chi connectivity index (χ4n) is 4.61.